The minimum atomic E-state index is -3.59. The Morgan fingerprint density at radius 2 is 1.94 bits per heavy atom. The van der Waals surface area contributed by atoms with Gasteiger partial charge in [-0.1, -0.05) is 6.07 Å². The van der Waals surface area contributed by atoms with Gasteiger partial charge in [0.25, 0.3) is 0 Å². The number of nitrogens with two attached hydrogens (primary N) is 2. The Bertz CT molecular complexity index is 860. The maximum atomic E-state index is 14.0. The molecule has 0 radical (unpaired) electrons. The number of halogens is 1. The van der Waals surface area contributed by atoms with Gasteiger partial charge in [-0.15, -0.1) is 0 Å². The van der Waals surface area contributed by atoms with Crippen molar-refractivity contribution in [2.24, 2.45) is 11.5 Å². The first-order valence-corrected chi connectivity index (χ1v) is 12.1. The Kier molecular flexibility index (Phi) is 10.1. The number of hydrogen-bond donors (Lipinski definition) is 3. The lowest BCUT2D eigenvalue weighted by Gasteiger charge is -2.16. The first kappa shape index (κ1) is 25.8. The summed E-state index contributed by atoms with van der Waals surface area (Å²) >= 11 is 0. The summed E-state index contributed by atoms with van der Waals surface area (Å²) in [6, 6.07) is 4.52. The highest BCUT2D eigenvalue weighted by Crippen LogP contribution is 2.27. The van der Waals surface area contributed by atoms with Crippen LogP contribution >= 0.6 is 0 Å². The number of ether oxygens (including phenoxy) is 3. The van der Waals surface area contributed by atoms with Crippen molar-refractivity contribution in [1.82, 2.24) is 4.72 Å². The zero-order valence-corrected chi connectivity index (χ0v) is 18.6. The van der Waals surface area contributed by atoms with Crippen molar-refractivity contribution >= 4 is 22.0 Å². The lowest BCUT2D eigenvalue weighted by atomic mass is 10.1. The molecule has 2 amide bonds. The molecule has 1 aromatic rings. The minimum Gasteiger partial charge on any atom is -0.487 e. The summed E-state index contributed by atoms with van der Waals surface area (Å²) in [5.41, 5.74) is 10.6. The first-order chi connectivity index (χ1) is 15.1. The monoisotopic (exact) mass is 475 g/mol. The van der Waals surface area contributed by atoms with Crippen molar-refractivity contribution in [2.75, 3.05) is 18.9 Å². The zero-order chi connectivity index (χ0) is 23.6. The summed E-state index contributed by atoms with van der Waals surface area (Å²) < 4.78 is 56.2. The summed E-state index contributed by atoms with van der Waals surface area (Å²) in [6.07, 6.45) is 1.64. The third kappa shape index (κ3) is 9.79. The summed E-state index contributed by atoms with van der Waals surface area (Å²) in [4.78, 5) is 21.7. The van der Waals surface area contributed by atoms with Gasteiger partial charge >= 0.3 is 6.09 Å². The Morgan fingerprint density at radius 3 is 2.59 bits per heavy atom. The standard InChI is InChI=1S/C20H30FN3O7S/c21-16-7-6-14(12-17(16)30-15-4-1-2-5-15)8-9-24-32(27,28)11-3-10-29-19(13-18(22)25)31-20(23)26/h6-7,12,15,19,24H,1-5,8-11,13H2,(H2,22,25)(H2,23,26)/t19-/m1/s1. The molecule has 0 saturated heterocycles. The van der Waals surface area contributed by atoms with Crippen molar-refractivity contribution in [3.63, 3.8) is 0 Å². The van der Waals surface area contributed by atoms with Crippen LogP contribution in [0.1, 0.15) is 44.1 Å². The second-order valence-corrected chi connectivity index (χ2v) is 9.44. The van der Waals surface area contributed by atoms with Crippen molar-refractivity contribution in [3.8, 4) is 5.75 Å². The molecule has 1 aliphatic rings. The van der Waals surface area contributed by atoms with E-state index < -0.39 is 40.6 Å². The number of nitrogens with one attached hydrogen (secondary N) is 1. The molecule has 0 bridgehead atoms. The lowest BCUT2D eigenvalue weighted by Crippen LogP contribution is -2.31. The maximum absolute atomic E-state index is 14.0. The smallest absolute Gasteiger partial charge is 0.406 e. The van der Waals surface area contributed by atoms with Crippen LogP contribution in [0.4, 0.5) is 9.18 Å². The number of primary amides is 2. The molecule has 180 valence electrons. The largest absolute Gasteiger partial charge is 0.487 e. The van der Waals surface area contributed by atoms with Gasteiger partial charge in [0.15, 0.2) is 11.6 Å². The van der Waals surface area contributed by atoms with E-state index in [-0.39, 0.29) is 37.2 Å². The molecule has 32 heavy (non-hydrogen) atoms. The van der Waals surface area contributed by atoms with Crippen LogP contribution in [-0.2, 0) is 30.7 Å². The Hall–Kier alpha value is -2.44. The van der Waals surface area contributed by atoms with Gasteiger partial charge in [0.05, 0.1) is 24.9 Å². The van der Waals surface area contributed by atoms with Crippen LogP contribution in [0.3, 0.4) is 0 Å². The molecule has 1 aromatic carbocycles. The van der Waals surface area contributed by atoms with E-state index in [0.29, 0.717) is 6.42 Å². The normalized spacial score (nSPS) is 15.4. The van der Waals surface area contributed by atoms with E-state index in [1.807, 2.05) is 0 Å². The molecular formula is C20H30FN3O7S. The average molecular weight is 476 g/mol. The predicted octanol–water partition coefficient (Wildman–Crippen LogP) is 1.31. The fourth-order valence-corrected chi connectivity index (χ4v) is 4.35. The highest BCUT2D eigenvalue weighted by atomic mass is 32.2. The molecule has 0 heterocycles. The van der Waals surface area contributed by atoms with Crippen LogP contribution in [0.2, 0.25) is 0 Å². The summed E-state index contributed by atoms with van der Waals surface area (Å²) in [5.74, 6) is -1.25. The van der Waals surface area contributed by atoms with Gasteiger partial charge < -0.3 is 25.7 Å². The summed E-state index contributed by atoms with van der Waals surface area (Å²) in [6.45, 7) is 0.0404. The molecule has 12 heteroatoms. The second-order valence-electron chi connectivity index (χ2n) is 7.51. The van der Waals surface area contributed by atoms with E-state index >= 15 is 0 Å². The van der Waals surface area contributed by atoms with Crippen LogP contribution in [-0.4, -0.2) is 51.7 Å². The highest BCUT2D eigenvalue weighted by molar-refractivity contribution is 7.89. The van der Waals surface area contributed by atoms with E-state index in [1.165, 1.54) is 6.07 Å². The Balaban J connectivity index is 1.73. The van der Waals surface area contributed by atoms with Gasteiger partial charge in [0, 0.05) is 6.54 Å². The maximum Gasteiger partial charge on any atom is 0.406 e. The van der Waals surface area contributed by atoms with Gasteiger partial charge in [-0.25, -0.2) is 22.3 Å². The molecule has 0 unspecified atom stereocenters. The number of carbonyl (C=O) groups excluding carboxylic acids is 2. The van der Waals surface area contributed by atoms with E-state index in [4.69, 9.17) is 20.9 Å². The van der Waals surface area contributed by atoms with Crippen molar-refractivity contribution in [2.45, 2.75) is 57.3 Å². The number of benzene rings is 1. The quantitative estimate of drug-likeness (QED) is 0.270. The Morgan fingerprint density at radius 1 is 1.22 bits per heavy atom. The van der Waals surface area contributed by atoms with Gasteiger partial charge in [-0.2, -0.15) is 0 Å². The molecule has 0 aromatic heterocycles. The van der Waals surface area contributed by atoms with Crippen LogP contribution in [0.5, 0.6) is 5.75 Å². The lowest BCUT2D eigenvalue weighted by molar-refractivity contribution is -0.135. The van der Waals surface area contributed by atoms with E-state index in [9.17, 15) is 22.4 Å². The Labute approximate surface area is 186 Å². The molecule has 10 nitrogen and oxygen atoms in total. The van der Waals surface area contributed by atoms with E-state index in [0.717, 1.165) is 31.2 Å². The molecule has 1 aliphatic carbocycles. The molecule has 1 fully saturated rings. The molecule has 1 saturated carbocycles. The predicted molar refractivity (Wildman–Crippen MR) is 114 cm³/mol. The molecule has 5 N–H and O–H groups in total. The van der Waals surface area contributed by atoms with Gasteiger partial charge in [0.2, 0.25) is 22.2 Å². The summed E-state index contributed by atoms with van der Waals surface area (Å²) in [5, 5.41) is 0. The fraction of sp³-hybridized carbons (Fsp3) is 0.600. The zero-order valence-electron chi connectivity index (χ0n) is 17.8. The van der Waals surface area contributed by atoms with Gasteiger partial charge in [-0.05, 0) is 56.2 Å². The first-order valence-electron chi connectivity index (χ1n) is 10.4. The molecule has 0 spiro atoms. The summed E-state index contributed by atoms with van der Waals surface area (Å²) in [7, 11) is -3.59. The molecular weight excluding hydrogens is 445 g/mol. The van der Waals surface area contributed by atoms with Gasteiger partial charge in [-0.3, -0.25) is 4.79 Å². The number of hydrogen-bond acceptors (Lipinski definition) is 7. The van der Waals surface area contributed by atoms with E-state index in [1.54, 1.807) is 12.1 Å². The number of carbonyl (C=O) groups is 2. The highest BCUT2D eigenvalue weighted by Gasteiger charge is 2.19. The number of amides is 2. The second kappa shape index (κ2) is 12.6. The van der Waals surface area contributed by atoms with Crippen molar-refractivity contribution in [3.05, 3.63) is 29.6 Å². The molecule has 0 aliphatic heterocycles. The third-order valence-electron chi connectivity index (χ3n) is 4.80. The van der Waals surface area contributed by atoms with Crippen molar-refractivity contribution in [1.29, 1.82) is 0 Å². The van der Waals surface area contributed by atoms with Crippen LogP contribution in [0.25, 0.3) is 0 Å². The van der Waals surface area contributed by atoms with Gasteiger partial charge in [0.1, 0.15) is 0 Å². The van der Waals surface area contributed by atoms with Crippen LogP contribution in [0.15, 0.2) is 18.2 Å². The third-order valence-corrected chi connectivity index (χ3v) is 6.27. The molecule has 1 atom stereocenters. The number of rotatable bonds is 14. The van der Waals surface area contributed by atoms with Crippen LogP contribution < -0.4 is 20.9 Å². The van der Waals surface area contributed by atoms with Crippen LogP contribution in [0, 0.1) is 5.82 Å². The number of sulfonamides is 1. The van der Waals surface area contributed by atoms with E-state index in [2.05, 4.69) is 9.46 Å². The minimum absolute atomic E-state index is 0.0245. The fourth-order valence-electron chi connectivity index (χ4n) is 3.29. The average Bonchev–Trinajstić information content (AvgIpc) is 3.20. The molecule has 2 rings (SSSR count). The SMILES string of the molecule is NC(=O)C[C@H](OCCCS(=O)(=O)NCCc1ccc(F)c(OC2CCCC2)c1)OC(N)=O. The van der Waals surface area contributed by atoms with Crippen molar-refractivity contribution < 1.29 is 36.6 Å². The topological polar surface area (TPSA) is 160 Å².